The van der Waals surface area contributed by atoms with Crippen LogP contribution in [0.4, 0.5) is 0 Å². The molecule has 1 heterocycles. The van der Waals surface area contributed by atoms with Gasteiger partial charge in [-0.05, 0) is 24.6 Å². The van der Waals surface area contributed by atoms with E-state index in [4.69, 9.17) is 11.6 Å². The molecule has 6 heteroatoms. The van der Waals surface area contributed by atoms with Crippen LogP contribution in [-0.2, 0) is 0 Å². The van der Waals surface area contributed by atoms with Gasteiger partial charge in [0.1, 0.15) is 6.33 Å². The Morgan fingerprint density at radius 1 is 1.39 bits per heavy atom. The van der Waals surface area contributed by atoms with E-state index in [1.54, 1.807) is 24.1 Å². The van der Waals surface area contributed by atoms with E-state index >= 15 is 0 Å². The molecule has 1 aromatic heterocycles. The third kappa shape index (κ3) is 2.51. The van der Waals surface area contributed by atoms with E-state index in [9.17, 15) is 4.79 Å². The number of carbonyl (C=O) groups excluding carboxylic acids is 1. The first-order valence-electron chi connectivity index (χ1n) is 5.47. The lowest BCUT2D eigenvalue weighted by Gasteiger charge is -2.24. The van der Waals surface area contributed by atoms with E-state index in [2.05, 4.69) is 15.2 Å². The molecule has 0 aliphatic heterocycles. The number of hydrogen-bond donors (Lipinski definition) is 1. The number of aromatic amines is 1. The van der Waals surface area contributed by atoms with Crippen molar-refractivity contribution in [2.24, 2.45) is 0 Å². The zero-order valence-corrected chi connectivity index (χ0v) is 10.8. The molecule has 18 heavy (non-hydrogen) atoms. The van der Waals surface area contributed by atoms with E-state index < -0.39 is 0 Å². The molecule has 0 saturated carbocycles. The van der Waals surface area contributed by atoms with Crippen molar-refractivity contribution in [2.75, 3.05) is 7.05 Å². The minimum absolute atomic E-state index is 0.0696. The fourth-order valence-electron chi connectivity index (χ4n) is 1.62. The summed E-state index contributed by atoms with van der Waals surface area (Å²) in [6, 6.07) is 7.34. The van der Waals surface area contributed by atoms with Crippen LogP contribution in [0.2, 0.25) is 5.02 Å². The normalized spacial score (nSPS) is 12.2. The number of amides is 1. The quantitative estimate of drug-likeness (QED) is 0.925. The van der Waals surface area contributed by atoms with Crippen LogP contribution in [0.5, 0.6) is 0 Å². The number of rotatable bonds is 3. The highest BCUT2D eigenvalue weighted by Crippen LogP contribution is 2.21. The summed E-state index contributed by atoms with van der Waals surface area (Å²) in [5, 5.41) is 6.90. The van der Waals surface area contributed by atoms with Crippen molar-refractivity contribution in [3.05, 3.63) is 47.0 Å². The zero-order chi connectivity index (χ0) is 13.1. The van der Waals surface area contributed by atoms with Crippen LogP contribution in [-0.4, -0.2) is 33.0 Å². The van der Waals surface area contributed by atoms with Crippen LogP contribution in [0.15, 0.2) is 30.6 Å². The number of nitrogens with one attached hydrogen (secondary N) is 1. The second kappa shape index (κ2) is 5.18. The highest BCUT2D eigenvalue weighted by Gasteiger charge is 2.20. The van der Waals surface area contributed by atoms with Gasteiger partial charge in [-0.1, -0.05) is 23.7 Å². The average Bonchev–Trinajstić information content (AvgIpc) is 2.91. The highest BCUT2D eigenvalue weighted by molar-refractivity contribution is 6.30. The van der Waals surface area contributed by atoms with Gasteiger partial charge in [0.25, 0.3) is 5.91 Å². The van der Waals surface area contributed by atoms with Gasteiger partial charge >= 0.3 is 0 Å². The van der Waals surface area contributed by atoms with Gasteiger partial charge in [-0.15, -0.1) is 0 Å². The van der Waals surface area contributed by atoms with Crippen molar-refractivity contribution in [2.45, 2.75) is 13.0 Å². The van der Waals surface area contributed by atoms with Crippen LogP contribution < -0.4 is 0 Å². The molecule has 1 aromatic carbocycles. The highest BCUT2D eigenvalue weighted by atomic mass is 35.5. The topological polar surface area (TPSA) is 61.9 Å². The molecule has 0 aliphatic carbocycles. The smallest absolute Gasteiger partial charge is 0.291 e. The lowest BCUT2D eigenvalue weighted by atomic mass is 10.1. The summed E-state index contributed by atoms with van der Waals surface area (Å²) in [7, 11) is 1.73. The summed E-state index contributed by atoms with van der Waals surface area (Å²) in [5.74, 6) is 0.0354. The maximum atomic E-state index is 12.1. The Morgan fingerprint density at radius 2 is 2.06 bits per heavy atom. The van der Waals surface area contributed by atoms with Crippen LogP contribution >= 0.6 is 11.6 Å². The van der Waals surface area contributed by atoms with E-state index in [-0.39, 0.29) is 17.8 Å². The fraction of sp³-hybridized carbons (Fsp3) is 0.250. The van der Waals surface area contributed by atoms with Crippen LogP contribution in [0.25, 0.3) is 0 Å². The van der Waals surface area contributed by atoms with Gasteiger partial charge in [0.15, 0.2) is 0 Å². The van der Waals surface area contributed by atoms with E-state index in [0.717, 1.165) is 5.56 Å². The maximum Gasteiger partial charge on any atom is 0.291 e. The lowest BCUT2D eigenvalue weighted by molar-refractivity contribution is 0.0730. The second-order valence-electron chi connectivity index (χ2n) is 3.98. The first kappa shape index (κ1) is 12.6. The molecule has 5 nitrogen and oxygen atoms in total. The molecule has 1 amide bonds. The molecule has 0 saturated heterocycles. The molecule has 0 radical (unpaired) electrons. The lowest BCUT2D eigenvalue weighted by Crippen LogP contribution is -2.30. The van der Waals surface area contributed by atoms with Crippen molar-refractivity contribution in [3.63, 3.8) is 0 Å². The summed E-state index contributed by atoms with van der Waals surface area (Å²) in [6.45, 7) is 1.94. The summed E-state index contributed by atoms with van der Waals surface area (Å²) < 4.78 is 0. The summed E-state index contributed by atoms with van der Waals surface area (Å²) in [4.78, 5) is 17.5. The van der Waals surface area contributed by atoms with E-state index in [1.807, 2.05) is 19.1 Å². The van der Waals surface area contributed by atoms with Gasteiger partial charge in [-0.3, -0.25) is 9.89 Å². The predicted molar refractivity (Wildman–Crippen MR) is 68.3 cm³/mol. The van der Waals surface area contributed by atoms with Crippen LogP contribution in [0, 0.1) is 0 Å². The van der Waals surface area contributed by atoms with Gasteiger partial charge in [0.05, 0.1) is 6.04 Å². The Balaban J connectivity index is 2.16. The van der Waals surface area contributed by atoms with Gasteiger partial charge in [-0.25, -0.2) is 4.98 Å². The Morgan fingerprint density at radius 3 is 2.61 bits per heavy atom. The molecule has 1 N–H and O–H groups in total. The van der Waals surface area contributed by atoms with Crippen molar-refractivity contribution in [3.8, 4) is 0 Å². The molecule has 2 rings (SSSR count). The fourth-order valence-corrected chi connectivity index (χ4v) is 1.74. The molecule has 2 aromatic rings. The van der Waals surface area contributed by atoms with Gasteiger partial charge < -0.3 is 4.90 Å². The number of aromatic nitrogens is 3. The average molecular weight is 265 g/mol. The SMILES string of the molecule is CC(c1ccc(Cl)cc1)N(C)C(=O)c1ncn[nH]1. The number of benzene rings is 1. The Hall–Kier alpha value is -1.88. The summed E-state index contributed by atoms with van der Waals surface area (Å²) in [5.41, 5.74) is 1.01. The van der Waals surface area contributed by atoms with Crippen LogP contribution in [0.3, 0.4) is 0 Å². The van der Waals surface area contributed by atoms with Crippen molar-refractivity contribution >= 4 is 17.5 Å². The summed E-state index contributed by atoms with van der Waals surface area (Å²) >= 11 is 5.84. The molecule has 1 unspecified atom stereocenters. The Bertz CT molecular complexity index is 524. The van der Waals surface area contributed by atoms with Crippen molar-refractivity contribution in [1.29, 1.82) is 0 Å². The third-order valence-electron chi connectivity index (χ3n) is 2.87. The second-order valence-corrected chi connectivity index (χ2v) is 4.41. The molecule has 0 aliphatic rings. The minimum Gasteiger partial charge on any atom is -0.332 e. The molecule has 0 bridgehead atoms. The van der Waals surface area contributed by atoms with E-state index in [0.29, 0.717) is 5.02 Å². The molecule has 1 atom stereocenters. The maximum absolute atomic E-state index is 12.1. The Labute approximate surface area is 110 Å². The number of nitrogens with zero attached hydrogens (tertiary/aromatic N) is 3. The number of halogens is 1. The van der Waals surface area contributed by atoms with Crippen molar-refractivity contribution in [1.82, 2.24) is 20.1 Å². The monoisotopic (exact) mass is 264 g/mol. The van der Waals surface area contributed by atoms with E-state index in [1.165, 1.54) is 6.33 Å². The molecule has 94 valence electrons. The minimum atomic E-state index is -0.199. The zero-order valence-electron chi connectivity index (χ0n) is 10.1. The van der Waals surface area contributed by atoms with Gasteiger partial charge in [0.2, 0.25) is 5.82 Å². The van der Waals surface area contributed by atoms with Crippen LogP contribution in [0.1, 0.15) is 29.1 Å². The first-order chi connectivity index (χ1) is 8.59. The van der Waals surface area contributed by atoms with Crippen molar-refractivity contribution < 1.29 is 4.79 Å². The number of carbonyl (C=O) groups is 1. The third-order valence-corrected chi connectivity index (χ3v) is 3.12. The molecular formula is C12H13ClN4O. The number of hydrogen-bond acceptors (Lipinski definition) is 3. The molecular weight excluding hydrogens is 252 g/mol. The molecule has 0 spiro atoms. The number of H-pyrrole nitrogens is 1. The van der Waals surface area contributed by atoms with Gasteiger partial charge in [0, 0.05) is 12.1 Å². The standard InChI is InChI=1S/C12H13ClN4O/c1-8(9-3-5-10(13)6-4-9)17(2)12(18)11-14-7-15-16-11/h3-8H,1-2H3,(H,14,15,16). The Kier molecular flexibility index (Phi) is 3.62. The van der Waals surface area contributed by atoms with Gasteiger partial charge in [-0.2, -0.15) is 5.10 Å². The largest absolute Gasteiger partial charge is 0.332 e. The summed E-state index contributed by atoms with van der Waals surface area (Å²) in [6.07, 6.45) is 1.31. The predicted octanol–water partition coefficient (Wildman–Crippen LogP) is 2.29. The molecule has 0 fully saturated rings. The first-order valence-corrected chi connectivity index (χ1v) is 5.85.